The summed E-state index contributed by atoms with van der Waals surface area (Å²) in [7, 11) is 3.16. The molecular formula is C15H22N2O4. The molecular weight excluding hydrogens is 272 g/mol. The molecule has 0 bridgehead atoms. The Morgan fingerprint density at radius 1 is 1.38 bits per heavy atom. The molecule has 6 nitrogen and oxygen atoms in total. The number of anilines is 1. The number of amides is 1. The summed E-state index contributed by atoms with van der Waals surface area (Å²) in [5.41, 5.74) is 1.66. The van der Waals surface area contributed by atoms with Gasteiger partial charge in [-0.1, -0.05) is 0 Å². The van der Waals surface area contributed by atoms with E-state index in [1.807, 2.05) is 13.0 Å². The average Bonchev–Trinajstić information content (AvgIpc) is 2.49. The van der Waals surface area contributed by atoms with Gasteiger partial charge in [0.25, 0.3) is 0 Å². The Kier molecular flexibility index (Phi) is 5.41. The van der Waals surface area contributed by atoms with E-state index < -0.39 is 0 Å². The maximum absolute atomic E-state index is 12.1. The highest BCUT2D eigenvalue weighted by Crippen LogP contribution is 2.32. The van der Waals surface area contributed by atoms with Gasteiger partial charge in [0, 0.05) is 30.8 Å². The van der Waals surface area contributed by atoms with Crippen molar-refractivity contribution in [3.05, 3.63) is 17.7 Å². The Bertz CT molecular complexity index is 499. The monoisotopic (exact) mass is 294 g/mol. The molecule has 1 aliphatic rings. The van der Waals surface area contributed by atoms with E-state index >= 15 is 0 Å². The van der Waals surface area contributed by atoms with E-state index in [-0.39, 0.29) is 11.9 Å². The molecule has 2 N–H and O–H groups in total. The second-order valence-electron chi connectivity index (χ2n) is 5.00. The number of carbonyl (C=O) groups excluding carboxylic acids is 1. The fraction of sp³-hybridized carbons (Fsp3) is 0.533. The molecule has 1 amide bonds. The molecule has 1 saturated heterocycles. The van der Waals surface area contributed by atoms with Crippen molar-refractivity contribution in [1.82, 2.24) is 5.32 Å². The summed E-state index contributed by atoms with van der Waals surface area (Å²) in [6.45, 7) is 3.97. The lowest BCUT2D eigenvalue weighted by molar-refractivity contribution is -0.117. The molecule has 0 saturated carbocycles. The highest BCUT2D eigenvalue weighted by atomic mass is 16.5. The SMILES string of the molecule is COc1cc(C)c(NC(=O)CC2COCCN2)cc1OC. The minimum absolute atomic E-state index is 0.0479. The lowest BCUT2D eigenvalue weighted by Gasteiger charge is -2.23. The van der Waals surface area contributed by atoms with Crippen molar-refractivity contribution in [3.63, 3.8) is 0 Å². The first-order valence-corrected chi connectivity index (χ1v) is 6.97. The van der Waals surface area contributed by atoms with E-state index in [1.54, 1.807) is 20.3 Å². The number of morpholine rings is 1. The van der Waals surface area contributed by atoms with Crippen molar-refractivity contribution in [2.75, 3.05) is 39.3 Å². The molecule has 0 aliphatic carbocycles. The largest absolute Gasteiger partial charge is 0.493 e. The van der Waals surface area contributed by atoms with Gasteiger partial charge in [-0.25, -0.2) is 0 Å². The third-order valence-electron chi connectivity index (χ3n) is 3.43. The summed E-state index contributed by atoms with van der Waals surface area (Å²) < 4.78 is 15.8. The number of methoxy groups -OCH3 is 2. The Labute approximate surface area is 124 Å². The maximum atomic E-state index is 12.1. The van der Waals surface area contributed by atoms with Crippen LogP contribution in [0.3, 0.4) is 0 Å². The molecule has 1 unspecified atom stereocenters. The van der Waals surface area contributed by atoms with Crippen LogP contribution in [0.1, 0.15) is 12.0 Å². The molecule has 2 rings (SSSR count). The van der Waals surface area contributed by atoms with Gasteiger partial charge in [0.1, 0.15) is 0 Å². The van der Waals surface area contributed by atoms with Crippen molar-refractivity contribution in [1.29, 1.82) is 0 Å². The molecule has 1 aliphatic heterocycles. The van der Waals surface area contributed by atoms with Gasteiger partial charge in [-0.15, -0.1) is 0 Å². The Balaban J connectivity index is 2.02. The Morgan fingerprint density at radius 3 is 2.71 bits per heavy atom. The van der Waals surface area contributed by atoms with Gasteiger partial charge in [0.2, 0.25) is 5.91 Å². The van der Waals surface area contributed by atoms with Crippen LogP contribution in [0.25, 0.3) is 0 Å². The molecule has 1 atom stereocenters. The van der Waals surface area contributed by atoms with Crippen LogP contribution in [0.15, 0.2) is 12.1 Å². The van der Waals surface area contributed by atoms with Gasteiger partial charge < -0.3 is 24.8 Å². The third-order valence-corrected chi connectivity index (χ3v) is 3.43. The van der Waals surface area contributed by atoms with Gasteiger partial charge >= 0.3 is 0 Å². The summed E-state index contributed by atoms with van der Waals surface area (Å²) in [5.74, 6) is 1.20. The van der Waals surface area contributed by atoms with Crippen molar-refractivity contribution >= 4 is 11.6 Å². The Hall–Kier alpha value is -1.79. The van der Waals surface area contributed by atoms with E-state index in [1.165, 1.54) is 0 Å². The lowest BCUT2D eigenvalue weighted by atomic mass is 10.1. The molecule has 21 heavy (non-hydrogen) atoms. The van der Waals surface area contributed by atoms with Gasteiger partial charge in [-0.2, -0.15) is 0 Å². The van der Waals surface area contributed by atoms with E-state index in [2.05, 4.69) is 10.6 Å². The highest BCUT2D eigenvalue weighted by molar-refractivity contribution is 5.92. The molecule has 6 heteroatoms. The van der Waals surface area contributed by atoms with E-state index in [0.29, 0.717) is 31.1 Å². The van der Waals surface area contributed by atoms with Crippen molar-refractivity contribution in [3.8, 4) is 11.5 Å². The number of hydrogen-bond donors (Lipinski definition) is 2. The van der Waals surface area contributed by atoms with Crippen LogP contribution in [-0.4, -0.2) is 45.9 Å². The number of carbonyl (C=O) groups is 1. The third kappa shape index (κ3) is 4.09. The zero-order chi connectivity index (χ0) is 15.2. The fourth-order valence-corrected chi connectivity index (χ4v) is 2.29. The molecule has 1 aromatic rings. The van der Waals surface area contributed by atoms with Crippen molar-refractivity contribution in [2.24, 2.45) is 0 Å². The number of rotatable bonds is 5. The number of benzene rings is 1. The zero-order valence-electron chi connectivity index (χ0n) is 12.7. The predicted molar refractivity (Wildman–Crippen MR) is 80.1 cm³/mol. The number of aryl methyl sites for hydroxylation is 1. The lowest BCUT2D eigenvalue weighted by Crippen LogP contribution is -2.43. The Morgan fingerprint density at radius 2 is 2.10 bits per heavy atom. The molecule has 1 aromatic carbocycles. The average molecular weight is 294 g/mol. The minimum atomic E-state index is -0.0479. The first-order valence-electron chi connectivity index (χ1n) is 6.97. The normalized spacial score (nSPS) is 18.1. The zero-order valence-corrected chi connectivity index (χ0v) is 12.7. The molecule has 1 fully saturated rings. The second-order valence-corrected chi connectivity index (χ2v) is 5.00. The molecule has 0 aromatic heterocycles. The second kappa shape index (κ2) is 7.28. The van der Waals surface area contributed by atoms with Crippen LogP contribution in [0, 0.1) is 6.92 Å². The smallest absolute Gasteiger partial charge is 0.226 e. The summed E-state index contributed by atoms with van der Waals surface area (Å²) in [6, 6.07) is 3.69. The topological polar surface area (TPSA) is 68.8 Å². The minimum Gasteiger partial charge on any atom is -0.493 e. The van der Waals surface area contributed by atoms with Crippen LogP contribution >= 0.6 is 0 Å². The van der Waals surface area contributed by atoms with Crippen molar-refractivity contribution < 1.29 is 19.0 Å². The van der Waals surface area contributed by atoms with Crippen LogP contribution in [0.4, 0.5) is 5.69 Å². The van der Waals surface area contributed by atoms with Gasteiger partial charge in [0.15, 0.2) is 11.5 Å². The molecule has 0 radical (unpaired) electrons. The van der Waals surface area contributed by atoms with E-state index in [0.717, 1.165) is 17.8 Å². The number of nitrogens with one attached hydrogen (secondary N) is 2. The first-order chi connectivity index (χ1) is 10.1. The van der Waals surface area contributed by atoms with Crippen LogP contribution in [0.2, 0.25) is 0 Å². The molecule has 0 spiro atoms. The summed E-state index contributed by atoms with van der Waals surface area (Å²) in [6.07, 6.45) is 0.383. The summed E-state index contributed by atoms with van der Waals surface area (Å²) >= 11 is 0. The molecule has 116 valence electrons. The van der Waals surface area contributed by atoms with E-state index in [9.17, 15) is 4.79 Å². The fourth-order valence-electron chi connectivity index (χ4n) is 2.29. The number of ether oxygens (including phenoxy) is 3. The number of hydrogen-bond acceptors (Lipinski definition) is 5. The van der Waals surface area contributed by atoms with E-state index in [4.69, 9.17) is 14.2 Å². The predicted octanol–water partition coefficient (Wildman–Crippen LogP) is 1.33. The van der Waals surface area contributed by atoms with Crippen molar-refractivity contribution in [2.45, 2.75) is 19.4 Å². The van der Waals surface area contributed by atoms with Crippen LogP contribution in [-0.2, 0) is 9.53 Å². The summed E-state index contributed by atoms with van der Waals surface area (Å²) in [4.78, 5) is 12.1. The van der Waals surface area contributed by atoms with Gasteiger partial charge in [-0.3, -0.25) is 4.79 Å². The quantitative estimate of drug-likeness (QED) is 0.857. The summed E-state index contributed by atoms with van der Waals surface area (Å²) in [5, 5.41) is 6.17. The highest BCUT2D eigenvalue weighted by Gasteiger charge is 2.18. The standard InChI is InChI=1S/C15H22N2O4/c1-10-6-13(19-2)14(20-3)8-12(10)17-15(18)7-11-9-21-5-4-16-11/h6,8,11,16H,4-5,7,9H2,1-3H3,(H,17,18). The van der Waals surface area contributed by atoms with Crippen LogP contribution < -0.4 is 20.1 Å². The molecule has 1 heterocycles. The maximum Gasteiger partial charge on any atom is 0.226 e. The van der Waals surface area contributed by atoms with Gasteiger partial charge in [0.05, 0.1) is 27.4 Å². The van der Waals surface area contributed by atoms with Crippen LogP contribution in [0.5, 0.6) is 11.5 Å². The first kappa shape index (κ1) is 15.6. The van der Waals surface area contributed by atoms with Gasteiger partial charge in [-0.05, 0) is 18.6 Å².